The summed E-state index contributed by atoms with van der Waals surface area (Å²) in [5.41, 5.74) is 1.34. The van der Waals surface area contributed by atoms with Gasteiger partial charge in [-0.05, 0) is 48.4 Å². The van der Waals surface area contributed by atoms with Crippen molar-refractivity contribution in [2.45, 2.75) is 12.8 Å². The van der Waals surface area contributed by atoms with Gasteiger partial charge in [-0.3, -0.25) is 0 Å². The molecule has 0 fully saturated rings. The van der Waals surface area contributed by atoms with Crippen molar-refractivity contribution in [3.8, 4) is 0 Å². The molecule has 2 rings (SSSR count). The average Bonchev–Trinajstić information content (AvgIpc) is 3.07. The molecular formula is C18H25NO6S. The molecule has 7 nitrogen and oxygen atoms in total. The second-order valence-corrected chi connectivity index (χ2v) is 6.59. The van der Waals surface area contributed by atoms with Crippen LogP contribution in [0, 0.1) is 0 Å². The second-order valence-electron chi connectivity index (χ2n) is 5.65. The lowest BCUT2D eigenvalue weighted by atomic mass is 10.1. The van der Waals surface area contributed by atoms with Gasteiger partial charge in [0.05, 0.1) is 13.2 Å². The predicted molar refractivity (Wildman–Crippen MR) is 101 cm³/mol. The van der Waals surface area contributed by atoms with Crippen LogP contribution in [-0.2, 0) is 20.7 Å². The zero-order valence-corrected chi connectivity index (χ0v) is 15.6. The highest BCUT2D eigenvalue weighted by molar-refractivity contribution is 7.17. The van der Waals surface area contributed by atoms with Gasteiger partial charge in [-0.2, -0.15) is 0 Å². The Morgan fingerprint density at radius 3 is 2.50 bits per heavy atom. The molecule has 0 spiro atoms. The summed E-state index contributed by atoms with van der Waals surface area (Å²) < 4.78 is 7.03. The quantitative estimate of drug-likeness (QED) is 0.449. The van der Waals surface area contributed by atoms with Crippen LogP contribution in [0.25, 0.3) is 10.1 Å². The molecular weight excluding hydrogens is 358 g/mol. The maximum atomic E-state index is 9.10. The lowest BCUT2D eigenvalue weighted by Crippen LogP contribution is -2.25. The monoisotopic (exact) mass is 383 g/mol. The zero-order valence-electron chi connectivity index (χ0n) is 14.8. The Hall–Kier alpha value is -2.00. The zero-order chi connectivity index (χ0) is 19.4. The van der Waals surface area contributed by atoms with Crippen LogP contribution in [-0.4, -0.2) is 72.1 Å². The molecule has 1 aromatic carbocycles. The molecule has 0 radical (unpaired) electrons. The van der Waals surface area contributed by atoms with Gasteiger partial charge < -0.3 is 25.0 Å². The maximum Gasteiger partial charge on any atom is 0.414 e. The number of thiophene rings is 1. The number of nitrogens with zero attached hydrogens (tertiary/aromatic N) is 1. The Kier molecular flexibility index (Phi) is 10.5. The van der Waals surface area contributed by atoms with Gasteiger partial charge >= 0.3 is 11.9 Å². The Morgan fingerprint density at radius 2 is 1.85 bits per heavy atom. The molecule has 0 aliphatic heterocycles. The lowest BCUT2D eigenvalue weighted by Gasteiger charge is -2.15. The van der Waals surface area contributed by atoms with Crippen LogP contribution in [0.4, 0.5) is 0 Å². The number of fused-ring (bicyclic) bond motifs is 1. The van der Waals surface area contributed by atoms with E-state index >= 15 is 0 Å². The average molecular weight is 383 g/mol. The highest BCUT2D eigenvalue weighted by Crippen LogP contribution is 2.21. The van der Waals surface area contributed by atoms with E-state index in [1.165, 1.54) is 15.6 Å². The molecule has 3 N–H and O–H groups in total. The SMILES string of the molecule is CN(CCCO)CCOCCc1ccc2sccc2c1.O=C(O)C(=O)O. The van der Waals surface area contributed by atoms with E-state index in [0.717, 1.165) is 39.1 Å². The second kappa shape index (κ2) is 12.4. The molecule has 1 heterocycles. The topological polar surface area (TPSA) is 107 Å². The number of rotatable bonds is 9. The molecule has 0 aliphatic rings. The van der Waals surface area contributed by atoms with E-state index in [-0.39, 0.29) is 6.61 Å². The van der Waals surface area contributed by atoms with Crippen LogP contribution in [0.5, 0.6) is 0 Å². The molecule has 1 aromatic heterocycles. The first kappa shape index (κ1) is 22.0. The van der Waals surface area contributed by atoms with Crippen molar-refractivity contribution in [2.75, 3.05) is 40.0 Å². The third-order valence-corrected chi connectivity index (χ3v) is 4.45. The van der Waals surface area contributed by atoms with Crippen LogP contribution in [0.3, 0.4) is 0 Å². The number of likely N-dealkylation sites (N-methyl/N-ethyl adjacent to an activating group) is 1. The summed E-state index contributed by atoms with van der Waals surface area (Å²) in [7, 11) is 2.06. The highest BCUT2D eigenvalue weighted by Gasteiger charge is 2.04. The molecule has 144 valence electrons. The summed E-state index contributed by atoms with van der Waals surface area (Å²) in [5.74, 6) is -3.65. The maximum absolute atomic E-state index is 9.10. The smallest absolute Gasteiger partial charge is 0.414 e. The largest absolute Gasteiger partial charge is 0.473 e. The van der Waals surface area contributed by atoms with Gasteiger partial charge in [-0.1, -0.05) is 12.1 Å². The number of carboxylic acids is 2. The first-order chi connectivity index (χ1) is 12.4. The van der Waals surface area contributed by atoms with Crippen molar-refractivity contribution >= 4 is 33.4 Å². The Bertz CT molecular complexity index is 675. The van der Waals surface area contributed by atoms with Gasteiger partial charge in [0.1, 0.15) is 0 Å². The van der Waals surface area contributed by atoms with Crippen molar-refractivity contribution in [3.63, 3.8) is 0 Å². The van der Waals surface area contributed by atoms with Gasteiger partial charge in [0.25, 0.3) is 0 Å². The van der Waals surface area contributed by atoms with E-state index in [1.807, 2.05) is 0 Å². The van der Waals surface area contributed by atoms with Crippen molar-refractivity contribution < 1.29 is 29.6 Å². The molecule has 0 aliphatic carbocycles. The standard InChI is InChI=1S/C16H23NO2S.C2H2O4/c1-17(7-2-9-18)8-11-19-10-5-14-3-4-16-15(13-14)6-12-20-16;3-1(4)2(5)6/h3-4,6,12-13,18H,2,5,7-11H2,1H3;(H,3,4)(H,5,6). The molecule has 0 bridgehead atoms. The van der Waals surface area contributed by atoms with Gasteiger partial charge in [-0.15, -0.1) is 11.3 Å². The highest BCUT2D eigenvalue weighted by atomic mass is 32.1. The molecule has 0 unspecified atom stereocenters. The third kappa shape index (κ3) is 8.91. The van der Waals surface area contributed by atoms with Crippen LogP contribution >= 0.6 is 11.3 Å². The first-order valence-electron chi connectivity index (χ1n) is 8.23. The van der Waals surface area contributed by atoms with Crippen LogP contribution in [0.2, 0.25) is 0 Å². The Labute approximate surface area is 156 Å². The van der Waals surface area contributed by atoms with Gasteiger partial charge in [0, 0.05) is 24.4 Å². The van der Waals surface area contributed by atoms with E-state index in [2.05, 4.69) is 41.6 Å². The van der Waals surface area contributed by atoms with E-state index in [1.54, 1.807) is 11.3 Å². The summed E-state index contributed by atoms with van der Waals surface area (Å²) in [4.78, 5) is 20.4. The summed E-state index contributed by atoms with van der Waals surface area (Å²) >= 11 is 1.78. The minimum Gasteiger partial charge on any atom is -0.473 e. The van der Waals surface area contributed by atoms with E-state index in [0.29, 0.717) is 0 Å². The third-order valence-electron chi connectivity index (χ3n) is 3.55. The number of carboxylic acid groups (broad SMARTS) is 2. The molecule has 8 heteroatoms. The summed E-state index contributed by atoms with van der Waals surface area (Å²) in [6, 6.07) is 8.80. The number of hydrogen-bond donors (Lipinski definition) is 3. The normalized spacial score (nSPS) is 10.6. The molecule has 0 amide bonds. The minimum absolute atomic E-state index is 0.260. The fourth-order valence-electron chi connectivity index (χ4n) is 2.14. The van der Waals surface area contributed by atoms with Crippen LogP contribution in [0.1, 0.15) is 12.0 Å². The fraction of sp³-hybridized carbons (Fsp3) is 0.444. The molecule has 0 saturated carbocycles. The lowest BCUT2D eigenvalue weighted by molar-refractivity contribution is -0.159. The van der Waals surface area contributed by atoms with E-state index in [9.17, 15) is 0 Å². The number of carbonyl (C=O) groups is 2. The van der Waals surface area contributed by atoms with E-state index < -0.39 is 11.9 Å². The molecule has 0 atom stereocenters. The van der Waals surface area contributed by atoms with E-state index in [4.69, 9.17) is 29.6 Å². The molecule has 0 saturated heterocycles. The van der Waals surface area contributed by atoms with Gasteiger partial charge in [0.2, 0.25) is 0 Å². The van der Waals surface area contributed by atoms with Crippen molar-refractivity contribution in [1.29, 1.82) is 0 Å². The van der Waals surface area contributed by atoms with Crippen LogP contribution in [0.15, 0.2) is 29.6 Å². The Balaban J connectivity index is 0.000000487. The minimum atomic E-state index is -1.82. The van der Waals surface area contributed by atoms with Crippen LogP contribution < -0.4 is 0 Å². The number of aliphatic hydroxyl groups excluding tert-OH is 1. The number of aliphatic carboxylic acids is 2. The van der Waals surface area contributed by atoms with Gasteiger partial charge in [0.15, 0.2) is 0 Å². The van der Waals surface area contributed by atoms with Crippen molar-refractivity contribution in [3.05, 3.63) is 35.2 Å². The fourth-order valence-corrected chi connectivity index (χ4v) is 2.91. The molecule has 26 heavy (non-hydrogen) atoms. The summed E-state index contributed by atoms with van der Waals surface area (Å²) in [5, 5.41) is 27.0. The van der Waals surface area contributed by atoms with Crippen molar-refractivity contribution in [2.24, 2.45) is 0 Å². The summed E-state index contributed by atoms with van der Waals surface area (Å²) in [6.45, 7) is 3.63. The number of ether oxygens (including phenoxy) is 1. The first-order valence-corrected chi connectivity index (χ1v) is 9.11. The van der Waals surface area contributed by atoms with Crippen molar-refractivity contribution in [1.82, 2.24) is 4.90 Å². The molecule has 2 aromatic rings. The number of benzene rings is 1. The number of hydrogen-bond acceptors (Lipinski definition) is 6. The Morgan fingerprint density at radius 1 is 1.12 bits per heavy atom. The number of aliphatic hydroxyl groups is 1. The van der Waals surface area contributed by atoms with Gasteiger partial charge in [-0.25, -0.2) is 9.59 Å². The summed E-state index contributed by atoms with van der Waals surface area (Å²) in [6.07, 6.45) is 1.79. The predicted octanol–water partition coefficient (Wildman–Crippen LogP) is 1.93.